The van der Waals surface area contributed by atoms with Crippen molar-refractivity contribution in [2.24, 2.45) is 0 Å². The van der Waals surface area contributed by atoms with Crippen LogP contribution >= 0.6 is 0 Å². The molecule has 3 aliphatic rings. The molecule has 0 spiro atoms. The van der Waals surface area contributed by atoms with Crippen LogP contribution in [0.2, 0.25) is 0 Å². The van der Waals surface area contributed by atoms with Gasteiger partial charge in [-0.1, -0.05) is 18.2 Å². The normalized spacial score (nSPS) is 14.1. The number of carbonyl (C=O) groups is 3. The molecule has 1 fully saturated rings. The van der Waals surface area contributed by atoms with Crippen LogP contribution in [0.15, 0.2) is 52.9 Å². The summed E-state index contributed by atoms with van der Waals surface area (Å²) in [5, 5.41) is 5.76. The van der Waals surface area contributed by atoms with Gasteiger partial charge in [-0.15, -0.1) is 5.06 Å². The number of benzene rings is 3. The predicted molar refractivity (Wildman–Crippen MR) is 143 cm³/mol. The largest absolute Gasteiger partial charge is 0.456 e. The summed E-state index contributed by atoms with van der Waals surface area (Å²) in [5.41, 5.74) is 6.20. The molecule has 5 rings (SSSR count). The fraction of sp³-hybridized carbons (Fsp3) is 0.267. The summed E-state index contributed by atoms with van der Waals surface area (Å²) in [5.74, 6) is -1.15. The lowest BCUT2D eigenvalue weighted by Gasteiger charge is -2.20. The number of amides is 2. The molecule has 194 valence electrons. The standard InChI is InChI=1S/C30H29N3O5/c1-5-31-23-15-25-21(13-17(23)3)29(22-14-18(4)24(32-6-2)16-26(22)37-25)19-9-7-8-10-20(19)30(36)38-33-27(34)11-12-28(33)35/h7-10,13-16,31H,5-6,11-12H2,1-4H3/p+1. The molecule has 8 heteroatoms. The highest BCUT2D eigenvalue weighted by molar-refractivity contribution is 6.09. The van der Waals surface area contributed by atoms with Gasteiger partial charge < -0.3 is 14.6 Å². The maximum Gasteiger partial charge on any atom is 0.364 e. The molecule has 2 N–H and O–H groups in total. The van der Waals surface area contributed by atoms with Gasteiger partial charge in [-0.2, -0.15) is 0 Å². The zero-order chi connectivity index (χ0) is 27.0. The van der Waals surface area contributed by atoms with Crippen molar-refractivity contribution in [1.29, 1.82) is 0 Å². The number of hydrogen-bond donors (Lipinski definition) is 2. The summed E-state index contributed by atoms with van der Waals surface area (Å²) in [4.78, 5) is 46.3. The van der Waals surface area contributed by atoms with Crippen LogP contribution in [-0.4, -0.2) is 35.9 Å². The van der Waals surface area contributed by atoms with Gasteiger partial charge in [-0.3, -0.25) is 9.59 Å². The molecule has 8 nitrogen and oxygen atoms in total. The Morgan fingerprint density at radius 1 is 1.00 bits per heavy atom. The Labute approximate surface area is 220 Å². The number of carbonyl (C=O) groups excluding carboxylic acids is 3. The van der Waals surface area contributed by atoms with Crippen LogP contribution < -0.4 is 15.7 Å². The number of anilines is 1. The van der Waals surface area contributed by atoms with Gasteiger partial charge in [0, 0.05) is 53.2 Å². The molecule has 0 atom stereocenters. The van der Waals surface area contributed by atoms with Gasteiger partial charge >= 0.3 is 5.97 Å². The second kappa shape index (κ2) is 10.1. The van der Waals surface area contributed by atoms with Crippen molar-refractivity contribution >= 4 is 34.4 Å². The molecule has 2 amide bonds. The summed E-state index contributed by atoms with van der Waals surface area (Å²) >= 11 is 0. The van der Waals surface area contributed by atoms with Crippen LogP contribution in [-0.2, 0) is 14.4 Å². The molecule has 1 saturated heterocycles. The van der Waals surface area contributed by atoms with Gasteiger partial charge in [0.25, 0.3) is 11.8 Å². The van der Waals surface area contributed by atoms with E-state index >= 15 is 0 Å². The summed E-state index contributed by atoms with van der Waals surface area (Å²) < 4.78 is 6.43. The number of rotatable bonds is 6. The third-order valence-electron chi connectivity index (χ3n) is 6.74. The Morgan fingerprint density at radius 2 is 1.74 bits per heavy atom. The smallest absolute Gasteiger partial charge is 0.364 e. The first-order valence-corrected chi connectivity index (χ1v) is 12.8. The zero-order valence-corrected chi connectivity index (χ0v) is 21.9. The van der Waals surface area contributed by atoms with E-state index < -0.39 is 17.8 Å². The molecule has 0 unspecified atom stereocenters. The number of nitrogens with one attached hydrogen (secondary N) is 2. The topological polar surface area (TPSA) is 103 Å². The molecule has 0 aromatic heterocycles. The van der Waals surface area contributed by atoms with Crippen LogP contribution in [0.5, 0.6) is 0 Å². The molecule has 0 bridgehead atoms. The third kappa shape index (κ3) is 4.42. The highest BCUT2D eigenvalue weighted by atomic mass is 16.7. The van der Waals surface area contributed by atoms with E-state index in [0.717, 1.165) is 51.8 Å². The number of imide groups is 1. The average molecular weight is 513 g/mol. The molecule has 38 heavy (non-hydrogen) atoms. The SMILES string of the molecule is CCNc1cc2oc3cc(=[NH+]CC)c(C)cc-3c(-c3ccccc3C(=O)ON3C(=O)CCC3=O)c2cc1C. The molecule has 1 aliphatic carbocycles. The molecule has 2 aromatic carbocycles. The van der Waals surface area contributed by atoms with Crippen molar-refractivity contribution < 1.29 is 28.6 Å². The van der Waals surface area contributed by atoms with E-state index in [1.807, 2.05) is 52.0 Å². The Morgan fingerprint density at radius 3 is 2.45 bits per heavy atom. The summed E-state index contributed by atoms with van der Waals surface area (Å²) in [7, 11) is 0. The Bertz CT molecular complexity index is 1620. The second-order valence-electron chi connectivity index (χ2n) is 9.37. The number of aryl methyl sites for hydroxylation is 2. The number of fused-ring (bicyclic) bond motifs is 2. The van der Waals surface area contributed by atoms with E-state index in [-0.39, 0.29) is 18.4 Å². The van der Waals surface area contributed by atoms with E-state index in [1.54, 1.807) is 12.1 Å². The second-order valence-corrected chi connectivity index (χ2v) is 9.37. The summed E-state index contributed by atoms with van der Waals surface area (Å²) in [6, 6.07) is 15.1. The minimum Gasteiger partial charge on any atom is -0.456 e. The van der Waals surface area contributed by atoms with Gasteiger partial charge in [0.15, 0.2) is 0 Å². The average Bonchev–Trinajstić information content (AvgIpc) is 3.21. The van der Waals surface area contributed by atoms with Gasteiger partial charge in [-0.05, 0) is 57.0 Å². The first kappa shape index (κ1) is 25.2. The van der Waals surface area contributed by atoms with E-state index in [0.29, 0.717) is 22.0 Å². The molecule has 0 radical (unpaired) electrons. The number of nitrogens with zero attached hydrogens (tertiary/aromatic N) is 1. The highest BCUT2D eigenvalue weighted by Crippen LogP contribution is 2.43. The lowest BCUT2D eigenvalue weighted by Crippen LogP contribution is -2.76. The van der Waals surface area contributed by atoms with E-state index in [2.05, 4.69) is 22.4 Å². The van der Waals surface area contributed by atoms with Crippen molar-refractivity contribution in [3.8, 4) is 22.5 Å². The first-order valence-electron chi connectivity index (χ1n) is 12.8. The lowest BCUT2D eigenvalue weighted by atomic mass is 9.89. The van der Waals surface area contributed by atoms with Gasteiger partial charge in [-0.25, -0.2) is 9.79 Å². The maximum atomic E-state index is 13.4. The van der Waals surface area contributed by atoms with Crippen LogP contribution in [0.3, 0.4) is 0 Å². The van der Waals surface area contributed by atoms with Crippen LogP contribution in [0, 0.1) is 13.8 Å². The molecule has 2 heterocycles. The van der Waals surface area contributed by atoms with Crippen LogP contribution in [0.4, 0.5) is 5.69 Å². The van der Waals surface area contributed by atoms with Crippen LogP contribution in [0.1, 0.15) is 48.2 Å². The van der Waals surface area contributed by atoms with Crippen LogP contribution in [0.25, 0.3) is 33.4 Å². The molecule has 2 aliphatic heterocycles. The zero-order valence-electron chi connectivity index (χ0n) is 21.9. The first-order chi connectivity index (χ1) is 18.3. The van der Waals surface area contributed by atoms with Gasteiger partial charge in [0.05, 0.1) is 11.6 Å². The molecular weight excluding hydrogens is 482 g/mol. The third-order valence-corrected chi connectivity index (χ3v) is 6.74. The Hall–Kier alpha value is -4.46. The Balaban J connectivity index is 1.79. The molecule has 2 aromatic rings. The molecule has 0 saturated carbocycles. The summed E-state index contributed by atoms with van der Waals surface area (Å²) in [6.07, 6.45) is 0.0636. The fourth-order valence-electron chi connectivity index (χ4n) is 4.92. The van der Waals surface area contributed by atoms with Gasteiger partial charge in [0.2, 0.25) is 5.36 Å². The van der Waals surface area contributed by atoms with E-state index in [9.17, 15) is 14.4 Å². The van der Waals surface area contributed by atoms with Crippen molar-refractivity contribution in [1.82, 2.24) is 5.06 Å². The molecular formula is C30H30N3O5+. The van der Waals surface area contributed by atoms with E-state index in [4.69, 9.17) is 9.25 Å². The van der Waals surface area contributed by atoms with Crippen molar-refractivity contribution in [3.63, 3.8) is 0 Å². The fourth-order valence-corrected chi connectivity index (χ4v) is 4.92. The lowest BCUT2D eigenvalue weighted by molar-refractivity contribution is -0.496. The number of hydroxylamine groups is 2. The minimum atomic E-state index is -0.770. The van der Waals surface area contributed by atoms with Crippen molar-refractivity contribution in [2.45, 2.75) is 40.5 Å². The van der Waals surface area contributed by atoms with Crippen molar-refractivity contribution in [3.05, 3.63) is 70.6 Å². The number of hydrogen-bond acceptors (Lipinski definition) is 6. The van der Waals surface area contributed by atoms with Crippen molar-refractivity contribution in [2.75, 3.05) is 18.4 Å². The predicted octanol–water partition coefficient (Wildman–Crippen LogP) is 3.48. The van der Waals surface area contributed by atoms with Gasteiger partial charge in [0.1, 0.15) is 17.9 Å². The Kier molecular flexibility index (Phi) is 6.72. The summed E-state index contributed by atoms with van der Waals surface area (Å²) in [6.45, 7) is 9.65. The minimum absolute atomic E-state index is 0.0318. The highest BCUT2D eigenvalue weighted by Gasteiger charge is 2.34. The maximum absolute atomic E-state index is 13.4. The quantitative estimate of drug-likeness (QED) is 0.303. The monoisotopic (exact) mass is 512 g/mol. The van der Waals surface area contributed by atoms with E-state index in [1.165, 1.54) is 0 Å².